The smallest absolute Gasteiger partial charge is 0.295 e. The van der Waals surface area contributed by atoms with Crippen molar-refractivity contribution in [1.29, 1.82) is 0 Å². The van der Waals surface area contributed by atoms with Crippen LogP contribution in [0.4, 0.5) is 23.5 Å². The molecule has 0 saturated carbocycles. The first-order valence-electron chi connectivity index (χ1n) is 18.2. The lowest BCUT2D eigenvalue weighted by molar-refractivity contribution is 0.177. The van der Waals surface area contributed by atoms with Crippen LogP contribution in [0.2, 0.25) is 0 Å². The van der Waals surface area contributed by atoms with Gasteiger partial charge in [-0.3, -0.25) is 4.55 Å². The van der Waals surface area contributed by atoms with E-state index in [2.05, 4.69) is 32.5 Å². The van der Waals surface area contributed by atoms with Crippen LogP contribution in [0, 0.1) is 0 Å². The van der Waals surface area contributed by atoms with Gasteiger partial charge in [0.15, 0.2) is 0 Å². The van der Waals surface area contributed by atoms with Gasteiger partial charge in [-0.25, -0.2) is 0 Å². The number of benzene rings is 1. The van der Waals surface area contributed by atoms with Gasteiger partial charge in [0.2, 0.25) is 17.8 Å². The van der Waals surface area contributed by atoms with E-state index in [-0.39, 0.29) is 29.9 Å². The van der Waals surface area contributed by atoms with Gasteiger partial charge in [0.05, 0.1) is 12.2 Å². The third-order valence-electron chi connectivity index (χ3n) is 8.08. The second-order valence-electron chi connectivity index (χ2n) is 13.0. The van der Waals surface area contributed by atoms with E-state index in [0.717, 1.165) is 12.8 Å². The molecule has 2 unspecified atom stereocenters. The third kappa shape index (κ3) is 17.6. The summed E-state index contributed by atoms with van der Waals surface area (Å²) in [4.78, 5) is 15.0. The third-order valence-corrected chi connectivity index (χ3v) is 8.99. The fraction of sp³-hybridized carbons (Fsp3) is 0.694. The van der Waals surface area contributed by atoms with Crippen LogP contribution in [0.5, 0.6) is 0 Å². The topological polar surface area (TPSA) is 161 Å². The maximum atomic E-state index is 12.1. The van der Waals surface area contributed by atoms with Gasteiger partial charge in [0.1, 0.15) is 4.90 Å². The van der Waals surface area contributed by atoms with E-state index in [0.29, 0.717) is 23.7 Å². The van der Waals surface area contributed by atoms with Gasteiger partial charge >= 0.3 is 0 Å². The lowest BCUT2D eigenvalue weighted by atomic mass is 10.0. The van der Waals surface area contributed by atoms with Crippen molar-refractivity contribution in [2.45, 2.75) is 148 Å². The van der Waals surface area contributed by atoms with E-state index in [9.17, 15) is 23.2 Å². The molecule has 0 fully saturated rings. The standard InChI is InChI=1S/C36H62N6O5S/c1-5-7-8-9-10-11-12-13-14-15-16-17-18-19-20-21-25-37-34-39-35(41-36(40-34)42(27-29(3)43)28-30(4)44)38-32-24-23-31(22-6-2)33(26-32)48(45,46)47/h6,22-24,26,29-30,43-44H,5,7-21,25,27-28H2,1-4H3,(H,45,46,47)(H2,37,38,39,40,41). The second kappa shape index (κ2) is 23.5. The molecular formula is C36H62N6O5S. The van der Waals surface area contributed by atoms with Gasteiger partial charge in [-0.15, -0.1) is 0 Å². The molecule has 0 aliphatic carbocycles. The monoisotopic (exact) mass is 690 g/mol. The van der Waals surface area contributed by atoms with Crippen molar-refractivity contribution in [3.63, 3.8) is 0 Å². The van der Waals surface area contributed by atoms with Crippen molar-refractivity contribution >= 4 is 39.7 Å². The van der Waals surface area contributed by atoms with Gasteiger partial charge in [0.25, 0.3) is 10.1 Å². The number of aliphatic hydroxyl groups excluding tert-OH is 2. The molecule has 0 aliphatic rings. The zero-order chi connectivity index (χ0) is 35.2. The predicted octanol–water partition coefficient (Wildman–Crippen LogP) is 8.14. The highest BCUT2D eigenvalue weighted by Gasteiger charge is 2.19. The molecular weight excluding hydrogens is 629 g/mol. The Hall–Kier alpha value is -2.80. The maximum absolute atomic E-state index is 12.1. The summed E-state index contributed by atoms with van der Waals surface area (Å²) in [5.41, 5.74) is 0.706. The van der Waals surface area contributed by atoms with Crippen LogP contribution in [0.25, 0.3) is 6.08 Å². The number of hydrogen-bond donors (Lipinski definition) is 5. The number of anilines is 4. The molecule has 48 heavy (non-hydrogen) atoms. The van der Waals surface area contributed by atoms with Crippen LogP contribution in [0.3, 0.4) is 0 Å². The Labute approximate surface area is 289 Å². The molecule has 0 aliphatic heterocycles. The van der Waals surface area contributed by atoms with Crippen molar-refractivity contribution in [3.8, 4) is 0 Å². The lowest BCUT2D eigenvalue weighted by Gasteiger charge is -2.26. The first kappa shape index (κ1) is 41.4. The van der Waals surface area contributed by atoms with Crippen molar-refractivity contribution in [3.05, 3.63) is 29.8 Å². The van der Waals surface area contributed by atoms with Crippen LogP contribution in [-0.4, -0.2) is 70.0 Å². The average molecular weight is 691 g/mol. The SMILES string of the molecule is CC=Cc1ccc(Nc2nc(NCCCCCCCCCCCCCCCCCC)nc(N(CC(C)O)CC(C)O)n2)cc1S(=O)(=O)O. The summed E-state index contributed by atoms with van der Waals surface area (Å²) in [6.07, 6.45) is 22.7. The number of allylic oxidation sites excluding steroid dienone is 1. The summed E-state index contributed by atoms with van der Waals surface area (Å²) < 4.78 is 33.9. The number of nitrogens with zero attached hydrogens (tertiary/aromatic N) is 4. The van der Waals surface area contributed by atoms with Gasteiger partial charge in [-0.1, -0.05) is 121 Å². The van der Waals surface area contributed by atoms with E-state index in [4.69, 9.17) is 0 Å². The molecule has 0 spiro atoms. The number of aliphatic hydroxyl groups is 2. The van der Waals surface area contributed by atoms with Crippen molar-refractivity contribution in [2.24, 2.45) is 0 Å². The van der Waals surface area contributed by atoms with E-state index in [1.165, 1.54) is 96.0 Å². The Morgan fingerprint density at radius 1 is 0.771 bits per heavy atom. The van der Waals surface area contributed by atoms with Gasteiger partial charge in [-0.05, 0) is 44.9 Å². The summed E-state index contributed by atoms with van der Waals surface area (Å²) in [6, 6.07) is 4.57. The zero-order valence-electron chi connectivity index (χ0n) is 29.8. The van der Waals surface area contributed by atoms with Crippen molar-refractivity contribution < 1.29 is 23.2 Å². The molecule has 0 bridgehead atoms. The molecule has 1 heterocycles. The fourth-order valence-corrected chi connectivity index (χ4v) is 6.38. The Kier molecular flexibility index (Phi) is 20.3. The lowest BCUT2D eigenvalue weighted by Crippen LogP contribution is -2.37. The van der Waals surface area contributed by atoms with Crippen LogP contribution in [0.1, 0.15) is 136 Å². The van der Waals surface area contributed by atoms with Crippen LogP contribution < -0.4 is 15.5 Å². The minimum atomic E-state index is -4.48. The minimum absolute atomic E-state index is 0.149. The highest BCUT2D eigenvalue weighted by atomic mass is 32.2. The Bertz CT molecular complexity index is 1300. The number of nitrogens with one attached hydrogen (secondary N) is 2. The van der Waals surface area contributed by atoms with Crippen molar-refractivity contribution in [1.82, 2.24) is 15.0 Å². The average Bonchev–Trinajstić information content (AvgIpc) is 3.02. The molecule has 2 atom stereocenters. The summed E-state index contributed by atoms with van der Waals surface area (Å²) >= 11 is 0. The summed E-state index contributed by atoms with van der Waals surface area (Å²) in [5, 5.41) is 26.5. The van der Waals surface area contributed by atoms with E-state index < -0.39 is 22.3 Å². The highest BCUT2D eigenvalue weighted by Crippen LogP contribution is 2.25. The number of rotatable bonds is 27. The largest absolute Gasteiger partial charge is 0.392 e. The molecule has 0 saturated heterocycles. The van der Waals surface area contributed by atoms with Crippen molar-refractivity contribution in [2.75, 3.05) is 35.2 Å². The maximum Gasteiger partial charge on any atom is 0.295 e. The molecule has 12 heteroatoms. The Morgan fingerprint density at radius 3 is 1.75 bits per heavy atom. The quantitative estimate of drug-likeness (QED) is 0.0455. The minimum Gasteiger partial charge on any atom is -0.392 e. The van der Waals surface area contributed by atoms with Gasteiger partial charge < -0.3 is 25.7 Å². The van der Waals surface area contributed by atoms with Crippen LogP contribution in [0.15, 0.2) is 29.2 Å². The van der Waals surface area contributed by atoms with Gasteiger partial charge in [-0.2, -0.15) is 23.4 Å². The number of unbranched alkanes of at least 4 members (excludes halogenated alkanes) is 15. The fourth-order valence-electron chi connectivity index (χ4n) is 5.67. The molecule has 0 radical (unpaired) electrons. The summed E-state index contributed by atoms with van der Waals surface area (Å²) in [5.74, 6) is 0.727. The van der Waals surface area contributed by atoms with Crippen LogP contribution in [-0.2, 0) is 10.1 Å². The molecule has 2 rings (SSSR count). The Balaban J connectivity index is 1.93. The summed E-state index contributed by atoms with van der Waals surface area (Å²) in [6.45, 7) is 8.37. The molecule has 2 aromatic rings. The summed E-state index contributed by atoms with van der Waals surface area (Å²) in [7, 11) is -4.48. The molecule has 1 aromatic heterocycles. The van der Waals surface area contributed by atoms with E-state index >= 15 is 0 Å². The first-order chi connectivity index (χ1) is 23.0. The van der Waals surface area contributed by atoms with E-state index in [1.807, 2.05) is 0 Å². The number of aromatic nitrogens is 3. The first-order valence-corrected chi connectivity index (χ1v) is 19.6. The Morgan fingerprint density at radius 2 is 1.27 bits per heavy atom. The predicted molar refractivity (Wildman–Crippen MR) is 198 cm³/mol. The van der Waals surface area contributed by atoms with E-state index in [1.54, 1.807) is 50.0 Å². The molecule has 272 valence electrons. The van der Waals surface area contributed by atoms with Gasteiger partial charge in [0, 0.05) is 25.3 Å². The second-order valence-corrected chi connectivity index (χ2v) is 14.4. The molecule has 0 amide bonds. The molecule has 11 nitrogen and oxygen atoms in total. The normalized spacial score (nSPS) is 13.1. The highest BCUT2D eigenvalue weighted by molar-refractivity contribution is 7.86. The van der Waals surface area contributed by atoms with Crippen LogP contribution >= 0.6 is 0 Å². The molecule has 5 N–H and O–H groups in total. The zero-order valence-corrected chi connectivity index (χ0v) is 30.6. The molecule has 1 aromatic carbocycles. The number of hydrogen-bond acceptors (Lipinski definition) is 10.